The molecule has 0 radical (unpaired) electrons. The van der Waals surface area contributed by atoms with Gasteiger partial charge in [0.2, 0.25) is 0 Å². The van der Waals surface area contributed by atoms with Gasteiger partial charge in [0.15, 0.2) is 10.9 Å². The molecule has 1 N–H and O–H groups in total. The summed E-state index contributed by atoms with van der Waals surface area (Å²) in [6.07, 6.45) is 1.62. The third kappa shape index (κ3) is 2.41. The maximum absolute atomic E-state index is 12.0. The SMILES string of the molecule is CN1C(=O)/C(=C/c2cc(Cl)c(O)c(Cl)c2)N(C)C1=S. The van der Waals surface area contributed by atoms with Crippen molar-refractivity contribution in [2.75, 3.05) is 14.1 Å². The average Bonchev–Trinajstić information content (AvgIpc) is 2.54. The van der Waals surface area contributed by atoms with Crippen molar-refractivity contribution in [2.45, 2.75) is 0 Å². The summed E-state index contributed by atoms with van der Waals surface area (Å²) in [5.74, 6) is -0.378. The van der Waals surface area contributed by atoms with Gasteiger partial charge in [-0.25, -0.2) is 0 Å². The summed E-state index contributed by atoms with van der Waals surface area (Å²) in [5.41, 5.74) is 1.03. The number of rotatable bonds is 1. The summed E-state index contributed by atoms with van der Waals surface area (Å²) < 4.78 is 0. The van der Waals surface area contributed by atoms with E-state index in [4.69, 9.17) is 35.4 Å². The molecule has 7 heteroatoms. The van der Waals surface area contributed by atoms with Gasteiger partial charge in [0.1, 0.15) is 5.70 Å². The van der Waals surface area contributed by atoms with Crippen LogP contribution >= 0.6 is 35.4 Å². The highest BCUT2D eigenvalue weighted by molar-refractivity contribution is 7.80. The summed E-state index contributed by atoms with van der Waals surface area (Å²) in [5, 5.41) is 10.2. The molecular formula is C12H10Cl2N2O2S. The van der Waals surface area contributed by atoms with Crippen LogP contribution in [0.15, 0.2) is 17.8 Å². The van der Waals surface area contributed by atoms with Gasteiger partial charge in [-0.2, -0.15) is 0 Å². The smallest absolute Gasteiger partial charge is 0.276 e. The van der Waals surface area contributed by atoms with Crippen molar-refractivity contribution in [1.29, 1.82) is 0 Å². The van der Waals surface area contributed by atoms with Crippen LogP contribution < -0.4 is 0 Å². The molecule has 0 saturated carbocycles. The predicted molar refractivity (Wildman–Crippen MR) is 79.2 cm³/mol. The molecule has 0 aliphatic carbocycles. The lowest BCUT2D eigenvalue weighted by molar-refractivity contribution is -0.121. The van der Waals surface area contributed by atoms with E-state index in [0.717, 1.165) is 0 Å². The van der Waals surface area contributed by atoms with Crippen LogP contribution in [-0.2, 0) is 4.79 Å². The van der Waals surface area contributed by atoms with Gasteiger partial charge in [0, 0.05) is 14.1 Å². The van der Waals surface area contributed by atoms with Gasteiger partial charge in [-0.1, -0.05) is 23.2 Å². The first kappa shape index (κ1) is 14.1. The number of aromatic hydroxyl groups is 1. The Balaban J connectivity index is 2.47. The van der Waals surface area contributed by atoms with Crippen LogP contribution in [0.2, 0.25) is 10.0 Å². The van der Waals surface area contributed by atoms with Crippen LogP contribution in [-0.4, -0.2) is 40.0 Å². The number of nitrogens with zero attached hydrogens (tertiary/aromatic N) is 2. The van der Waals surface area contributed by atoms with E-state index >= 15 is 0 Å². The number of hydrogen-bond donors (Lipinski definition) is 1. The van der Waals surface area contributed by atoms with Gasteiger partial charge >= 0.3 is 0 Å². The summed E-state index contributed by atoms with van der Waals surface area (Å²) in [7, 11) is 3.32. The third-order valence-electron chi connectivity index (χ3n) is 2.80. The number of hydrogen-bond acceptors (Lipinski definition) is 3. The maximum atomic E-state index is 12.0. The largest absolute Gasteiger partial charge is 0.505 e. The van der Waals surface area contributed by atoms with Crippen LogP contribution in [0.4, 0.5) is 0 Å². The number of phenols is 1. The lowest BCUT2D eigenvalue weighted by Crippen LogP contribution is -2.26. The number of carbonyl (C=O) groups is 1. The number of thiocarbonyl (C=S) groups is 1. The third-order valence-corrected chi connectivity index (χ3v) is 3.93. The molecule has 1 heterocycles. The van der Waals surface area contributed by atoms with Gasteiger partial charge in [-0.05, 0) is 36.0 Å². The molecule has 1 aliphatic rings. The van der Waals surface area contributed by atoms with Crippen molar-refractivity contribution in [1.82, 2.24) is 9.80 Å². The number of amides is 1. The number of halogens is 2. The van der Waals surface area contributed by atoms with E-state index in [0.29, 0.717) is 16.4 Å². The molecule has 2 rings (SSSR count). The summed E-state index contributed by atoms with van der Waals surface area (Å²) in [6, 6.07) is 3.05. The van der Waals surface area contributed by atoms with Crippen molar-refractivity contribution < 1.29 is 9.90 Å². The first-order chi connectivity index (χ1) is 8.82. The van der Waals surface area contributed by atoms with Gasteiger partial charge in [0.05, 0.1) is 10.0 Å². The second-order valence-corrected chi connectivity index (χ2v) is 5.25. The fourth-order valence-electron chi connectivity index (χ4n) is 1.72. The van der Waals surface area contributed by atoms with E-state index in [-0.39, 0.29) is 21.7 Å². The lowest BCUT2D eigenvalue weighted by atomic mass is 10.1. The normalized spacial score (nSPS) is 17.8. The van der Waals surface area contributed by atoms with Crippen LogP contribution in [0.25, 0.3) is 6.08 Å². The molecule has 0 unspecified atom stereocenters. The van der Waals surface area contributed by atoms with Crippen LogP contribution in [0.1, 0.15) is 5.56 Å². The number of phenolic OH excluding ortho intramolecular Hbond substituents is 1. The quantitative estimate of drug-likeness (QED) is 0.639. The van der Waals surface area contributed by atoms with Crippen molar-refractivity contribution >= 4 is 52.5 Å². The molecule has 0 aromatic heterocycles. The molecule has 4 nitrogen and oxygen atoms in total. The van der Waals surface area contributed by atoms with Crippen molar-refractivity contribution in [3.8, 4) is 5.75 Å². The highest BCUT2D eigenvalue weighted by atomic mass is 35.5. The maximum Gasteiger partial charge on any atom is 0.276 e. The van der Waals surface area contributed by atoms with E-state index in [2.05, 4.69) is 0 Å². The Hall–Kier alpha value is -1.30. The zero-order valence-corrected chi connectivity index (χ0v) is 12.5. The highest BCUT2D eigenvalue weighted by Crippen LogP contribution is 2.34. The minimum absolute atomic E-state index is 0.128. The molecule has 1 saturated heterocycles. The fraction of sp³-hybridized carbons (Fsp3) is 0.167. The lowest BCUT2D eigenvalue weighted by Gasteiger charge is -2.11. The summed E-state index contributed by atoms with van der Waals surface area (Å²) in [4.78, 5) is 15.0. The number of carbonyl (C=O) groups excluding carboxylic acids is 1. The van der Waals surface area contributed by atoms with Crippen LogP contribution in [0.5, 0.6) is 5.75 Å². The zero-order valence-electron chi connectivity index (χ0n) is 10.1. The van der Waals surface area contributed by atoms with E-state index in [1.807, 2.05) is 0 Å². The predicted octanol–water partition coefficient (Wildman–Crippen LogP) is 2.73. The number of benzene rings is 1. The minimum Gasteiger partial charge on any atom is -0.505 e. The molecule has 1 amide bonds. The first-order valence-electron chi connectivity index (χ1n) is 5.28. The Labute approximate surface area is 125 Å². The van der Waals surface area contributed by atoms with E-state index in [1.165, 1.54) is 17.0 Å². The Morgan fingerprint density at radius 3 is 2.16 bits per heavy atom. The molecule has 19 heavy (non-hydrogen) atoms. The van der Waals surface area contributed by atoms with Gasteiger partial charge in [-0.3, -0.25) is 9.69 Å². The Morgan fingerprint density at radius 1 is 1.21 bits per heavy atom. The average molecular weight is 317 g/mol. The second kappa shape index (κ2) is 5.00. The topological polar surface area (TPSA) is 43.8 Å². The van der Waals surface area contributed by atoms with E-state index in [1.54, 1.807) is 25.1 Å². The first-order valence-corrected chi connectivity index (χ1v) is 6.44. The Morgan fingerprint density at radius 2 is 1.74 bits per heavy atom. The second-order valence-electron chi connectivity index (χ2n) is 4.07. The molecule has 0 bridgehead atoms. The molecule has 0 spiro atoms. The van der Waals surface area contributed by atoms with Crippen molar-refractivity contribution in [2.24, 2.45) is 0 Å². The minimum atomic E-state index is -0.201. The van der Waals surface area contributed by atoms with Gasteiger partial charge in [-0.15, -0.1) is 0 Å². The Bertz CT molecular complexity index is 593. The van der Waals surface area contributed by atoms with E-state index in [9.17, 15) is 9.90 Å². The van der Waals surface area contributed by atoms with Crippen molar-refractivity contribution in [3.05, 3.63) is 33.4 Å². The molecule has 1 aliphatic heterocycles. The van der Waals surface area contributed by atoms with Crippen molar-refractivity contribution in [3.63, 3.8) is 0 Å². The summed E-state index contributed by atoms with van der Waals surface area (Å²) >= 11 is 16.8. The molecule has 100 valence electrons. The standard InChI is InChI=1S/C12H10Cl2N2O2S/c1-15-9(11(18)16(2)12(15)19)5-6-3-7(13)10(17)8(14)4-6/h3-5,17H,1-2H3/b9-5-. The van der Waals surface area contributed by atoms with Gasteiger partial charge < -0.3 is 10.0 Å². The van der Waals surface area contributed by atoms with Gasteiger partial charge in [0.25, 0.3) is 5.91 Å². The van der Waals surface area contributed by atoms with Crippen LogP contribution in [0.3, 0.4) is 0 Å². The molecule has 1 aromatic carbocycles. The zero-order chi connectivity index (χ0) is 14.3. The highest BCUT2D eigenvalue weighted by Gasteiger charge is 2.32. The van der Waals surface area contributed by atoms with Crippen LogP contribution in [0, 0.1) is 0 Å². The summed E-state index contributed by atoms with van der Waals surface area (Å²) in [6.45, 7) is 0. The number of likely N-dealkylation sites (N-methyl/N-ethyl adjacent to an activating group) is 2. The molecule has 1 fully saturated rings. The molecule has 0 atom stereocenters. The monoisotopic (exact) mass is 316 g/mol. The fourth-order valence-corrected chi connectivity index (χ4v) is 2.40. The molecule has 1 aromatic rings. The Kier molecular flexibility index (Phi) is 3.71. The molecular weight excluding hydrogens is 307 g/mol. The van der Waals surface area contributed by atoms with E-state index < -0.39 is 0 Å².